The first-order valence-corrected chi connectivity index (χ1v) is 8.05. The maximum atomic E-state index is 12.0. The number of halogens is 4. The molecule has 5 nitrogen and oxygen atoms in total. The fourth-order valence-corrected chi connectivity index (χ4v) is 3.32. The van der Waals surface area contributed by atoms with Gasteiger partial charge >= 0.3 is 0 Å². The molecule has 0 aliphatic rings. The van der Waals surface area contributed by atoms with E-state index in [4.69, 9.17) is 28.9 Å². The highest BCUT2D eigenvalue weighted by atomic mass is 35.5. The molecule has 3 N–H and O–H groups in total. The van der Waals surface area contributed by atoms with Gasteiger partial charge < -0.3 is 10.5 Å². The Hall–Kier alpha value is -0.510. The van der Waals surface area contributed by atoms with Gasteiger partial charge in [0.05, 0.1) is 11.6 Å². The monoisotopic (exact) mass is 362 g/mol. The number of sulfonamides is 1. The highest BCUT2D eigenvalue weighted by molar-refractivity contribution is 7.89. The van der Waals surface area contributed by atoms with Crippen molar-refractivity contribution in [2.24, 2.45) is 5.73 Å². The van der Waals surface area contributed by atoms with E-state index < -0.39 is 23.1 Å². The summed E-state index contributed by atoms with van der Waals surface area (Å²) in [6.45, 7) is -1.04. The molecule has 1 rings (SSSR count). The minimum Gasteiger partial charge on any atom is -0.374 e. The molecule has 0 unspecified atom stereocenters. The van der Waals surface area contributed by atoms with Gasteiger partial charge in [-0.2, -0.15) is 0 Å². The van der Waals surface area contributed by atoms with Crippen LogP contribution in [-0.4, -0.2) is 34.6 Å². The second kappa shape index (κ2) is 8.21. The van der Waals surface area contributed by atoms with Crippen molar-refractivity contribution < 1.29 is 21.9 Å². The number of benzene rings is 1. The fraction of sp³-hybridized carbons (Fsp3) is 0.455. The third-order valence-corrected chi connectivity index (χ3v) is 4.67. The van der Waals surface area contributed by atoms with E-state index in [-0.39, 0.29) is 34.6 Å². The Bertz CT molecular complexity index is 585. The first kappa shape index (κ1) is 18.5. The summed E-state index contributed by atoms with van der Waals surface area (Å²) in [7, 11) is -3.90. The van der Waals surface area contributed by atoms with E-state index in [1.165, 1.54) is 12.1 Å². The van der Waals surface area contributed by atoms with Crippen LogP contribution in [0.25, 0.3) is 0 Å². The van der Waals surface area contributed by atoms with Crippen molar-refractivity contribution in [3.8, 4) is 0 Å². The van der Waals surface area contributed by atoms with Crippen LogP contribution in [0.3, 0.4) is 0 Å². The van der Waals surface area contributed by atoms with Crippen molar-refractivity contribution in [1.29, 1.82) is 0 Å². The van der Waals surface area contributed by atoms with E-state index in [9.17, 15) is 17.2 Å². The molecule has 0 spiro atoms. The van der Waals surface area contributed by atoms with Crippen molar-refractivity contribution >= 4 is 33.2 Å². The van der Waals surface area contributed by atoms with Gasteiger partial charge in [-0.1, -0.05) is 23.2 Å². The first-order chi connectivity index (χ1) is 9.77. The molecule has 0 heterocycles. The third kappa shape index (κ3) is 5.65. The molecule has 0 aliphatic carbocycles. The van der Waals surface area contributed by atoms with Crippen LogP contribution in [-0.2, 0) is 21.3 Å². The lowest BCUT2D eigenvalue weighted by Crippen LogP contribution is -2.28. The SMILES string of the molecule is NCc1cc(S(=O)(=O)NCCOCC(F)F)c(Cl)cc1Cl. The average molecular weight is 363 g/mol. The largest absolute Gasteiger partial charge is 0.374 e. The quantitative estimate of drug-likeness (QED) is 0.693. The van der Waals surface area contributed by atoms with E-state index >= 15 is 0 Å². The molecule has 0 atom stereocenters. The molecule has 0 saturated carbocycles. The van der Waals surface area contributed by atoms with Crippen molar-refractivity contribution in [1.82, 2.24) is 4.72 Å². The summed E-state index contributed by atoms with van der Waals surface area (Å²) in [5, 5.41) is 0.208. The Morgan fingerprint density at radius 3 is 2.52 bits per heavy atom. The zero-order valence-corrected chi connectivity index (χ0v) is 13.1. The normalized spacial score (nSPS) is 12.1. The van der Waals surface area contributed by atoms with Crippen LogP contribution in [0.1, 0.15) is 5.56 Å². The van der Waals surface area contributed by atoms with E-state index in [1.807, 2.05) is 0 Å². The van der Waals surface area contributed by atoms with E-state index in [0.29, 0.717) is 5.56 Å². The van der Waals surface area contributed by atoms with Crippen molar-refractivity contribution in [2.45, 2.75) is 17.9 Å². The van der Waals surface area contributed by atoms with E-state index in [2.05, 4.69) is 9.46 Å². The maximum Gasteiger partial charge on any atom is 0.261 e. The van der Waals surface area contributed by atoms with Gasteiger partial charge in [-0.15, -0.1) is 0 Å². The van der Waals surface area contributed by atoms with Crippen molar-refractivity contribution in [3.05, 3.63) is 27.7 Å². The molecular formula is C11H14Cl2F2N2O3S. The molecule has 1 aromatic rings. The molecule has 21 heavy (non-hydrogen) atoms. The molecule has 0 aliphatic heterocycles. The summed E-state index contributed by atoms with van der Waals surface area (Å²) in [4.78, 5) is -0.178. The van der Waals surface area contributed by atoms with Gasteiger partial charge in [0.25, 0.3) is 6.43 Å². The second-order valence-corrected chi connectivity index (χ2v) is 6.49. The van der Waals surface area contributed by atoms with Crippen LogP contribution in [0, 0.1) is 0 Å². The minimum atomic E-state index is -3.90. The second-order valence-electron chi connectivity index (χ2n) is 3.94. The van der Waals surface area contributed by atoms with Crippen LogP contribution in [0.4, 0.5) is 8.78 Å². The zero-order valence-electron chi connectivity index (χ0n) is 10.8. The summed E-state index contributed by atoms with van der Waals surface area (Å²) >= 11 is 11.7. The molecular weight excluding hydrogens is 349 g/mol. The van der Waals surface area contributed by atoms with Crippen LogP contribution >= 0.6 is 23.2 Å². The van der Waals surface area contributed by atoms with E-state index in [0.717, 1.165) is 0 Å². The van der Waals surface area contributed by atoms with Gasteiger partial charge in [-0.05, 0) is 17.7 Å². The molecule has 0 fully saturated rings. The summed E-state index contributed by atoms with van der Waals surface area (Å²) in [6.07, 6.45) is -2.60. The summed E-state index contributed by atoms with van der Waals surface area (Å²) in [5.41, 5.74) is 5.87. The number of hydrogen-bond acceptors (Lipinski definition) is 4. The Morgan fingerprint density at radius 1 is 1.29 bits per heavy atom. The summed E-state index contributed by atoms with van der Waals surface area (Å²) in [5.74, 6) is 0. The number of nitrogens with two attached hydrogens (primary N) is 1. The topological polar surface area (TPSA) is 81.4 Å². The molecule has 0 radical (unpaired) electrons. The van der Waals surface area contributed by atoms with Gasteiger partial charge in [0.15, 0.2) is 0 Å². The van der Waals surface area contributed by atoms with Gasteiger partial charge in [0.2, 0.25) is 10.0 Å². The number of alkyl halides is 2. The molecule has 0 aromatic heterocycles. The number of nitrogens with one attached hydrogen (secondary N) is 1. The smallest absolute Gasteiger partial charge is 0.261 e. The summed E-state index contributed by atoms with van der Waals surface area (Å²) in [6, 6.07) is 2.56. The number of rotatable bonds is 8. The van der Waals surface area contributed by atoms with Crippen LogP contribution in [0.15, 0.2) is 17.0 Å². The molecule has 1 aromatic carbocycles. The predicted molar refractivity (Wildman–Crippen MR) is 76.4 cm³/mol. The van der Waals surface area contributed by atoms with Gasteiger partial charge in [-0.3, -0.25) is 0 Å². The molecule has 0 amide bonds. The molecule has 120 valence electrons. The standard InChI is InChI=1S/C11H14Cl2F2N2O3S/c12-8-4-9(13)10(3-7(8)5-16)21(18,19)17-1-2-20-6-11(14)15/h3-4,11,17H,1-2,5-6,16H2. The number of ether oxygens (including phenoxy) is 1. The van der Waals surface area contributed by atoms with Gasteiger partial charge in [0.1, 0.15) is 11.5 Å². The molecule has 0 bridgehead atoms. The zero-order chi connectivity index (χ0) is 16.0. The molecule has 0 saturated heterocycles. The van der Waals surface area contributed by atoms with Crippen LogP contribution < -0.4 is 10.5 Å². The Balaban J connectivity index is 2.74. The average Bonchev–Trinajstić information content (AvgIpc) is 2.37. The first-order valence-electron chi connectivity index (χ1n) is 5.81. The van der Waals surface area contributed by atoms with Gasteiger partial charge in [0, 0.05) is 18.1 Å². The third-order valence-electron chi connectivity index (χ3n) is 2.39. The lowest BCUT2D eigenvalue weighted by Gasteiger charge is -2.11. The minimum absolute atomic E-state index is 0.0516. The lowest BCUT2D eigenvalue weighted by molar-refractivity contribution is 0.0199. The van der Waals surface area contributed by atoms with Crippen LogP contribution in [0.5, 0.6) is 0 Å². The molecule has 10 heteroatoms. The highest BCUT2D eigenvalue weighted by Gasteiger charge is 2.19. The van der Waals surface area contributed by atoms with Gasteiger partial charge in [-0.25, -0.2) is 21.9 Å². The summed E-state index contributed by atoms with van der Waals surface area (Å²) < 4.78 is 54.5. The van der Waals surface area contributed by atoms with E-state index in [1.54, 1.807) is 0 Å². The van der Waals surface area contributed by atoms with Crippen molar-refractivity contribution in [3.63, 3.8) is 0 Å². The fourth-order valence-electron chi connectivity index (χ4n) is 1.43. The predicted octanol–water partition coefficient (Wildman–Crippen LogP) is 2.01. The van der Waals surface area contributed by atoms with Crippen molar-refractivity contribution in [2.75, 3.05) is 19.8 Å². The lowest BCUT2D eigenvalue weighted by atomic mass is 10.2. The Morgan fingerprint density at radius 2 is 1.95 bits per heavy atom. The Kier molecular flexibility index (Phi) is 7.25. The number of hydrogen-bond donors (Lipinski definition) is 2. The maximum absolute atomic E-state index is 12.0. The van der Waals surface area contributed by atoms with Crippen LogP contribution in [0.2, 0.25) is 10.0 Å². The Labute approximate surface area is 131 Å². The highest BCUT2D eigenvalue weighted by Crippen LogP contribution is 2.28.